The average Bonchev–Trinajstić information content (AvgIpc) is 2.38. The van der Waals surface area contributed by atoms with Gasteiger partial charge >= 0.3 is 0 Å². The van der Waals surface area contributed by atoms with Gasteiger partial charge in [0.1, 0.15) is 0 Å². The number of aromatic nitrogens is 2. The lowest BCUT2D eigenvalue weighted by Crippen LogP contribution is -2.15. The molecule has 2 rings (SSSR count). The number of carbonyl (C=O) groups excluding carboxylic acids is 1. The van der Waals surface area contributed by atoms with Crippen LogP contribution in [0.25, 0.3) is 0 Å². The predicted octanol–water partition coefficient (Wildman–Crippen LogP) is 2.93. The molecule has 0 saturated heterocycles. The Hall–Kier alpha value is -1.94. The summed E-state index contributed by atoms with van der Waals surface area (Å²) in [5.41, 5.74) is 3.07. The van der Waals surface area contributed by atoms with E-state index in [0.29, 0.717) is 16.4 Å². The predicted molar refractivity (Wildman–Crippen MR) is 75.3 cm³/mol. The molecule has 98 valence electrons. The summed E-state index contributed by atoms with van der Waals surface area (Å²) in [4.78, 5) is 20.1. The number of nitrogens with one attached hydrogen (secondary N) is 1. The third kappa shape index (κ3) is 3.51. The van der Waals surface area contributed by atoms with E-state index in [1.165, 1.54) is 0 Å². The number of halogens is 1. The Morgan fingerprint density at radius 1 is 1.26 bits per heavy atom. The van der Waals surface area contributed by atoms with Crippen LogP contribution in [0.5, 0.6) is 0 Å². The number of rotatable bonds is 3. The lowest BCUT2D eigenvalue weighted by molar-refractivity contribution is -0.115. The van der Waals surface area contributed by atoms with E-state index in [9.17, 15) is 4.79 Å². The van der Waals surface area contributed by atoms with E-state index in [-0.39, 0.29) is 12.3 Å². The Kier molecular flexibility index (Phi) is 4.12. The van der Waals surface area contributed by atoms with E-state index < -0.39 is 0 Å². The number of hydrogen-bond donors (Lipinski definition) is 1. The van der Waals surface area contributed by atoms with E-state index in [1.54, 1.807) is 25.4 Å². The van der Waals surface area contributed by atoms with Gasteiger partial charge in [-0.2, -0.15) is 0 Å². The molecule has 0 aromatic carbocycles. The lowest BCUT2D eigenvalue weighted by atomic mass is 10.2. The standard InChI is InChI=1S/C14H14ClN3O/c1-9-3-4-11(8-17-9)7-13(19)18-12-5-6-16-10(2)14(12)15/h3-6,8H,7H2,1-2H3,(H,16,18,19). The van der Waals surface area contributed by atoms with Crippen LogP contribution in [0.2, 0.25) is 5.02 Å². The molecule has 2 heterocycles. The summed E-state index contributed by atoms with van der Waals surface area (Å²) in [6.45, 7) is 3.70. The largest absolute Gasteiger partial charge is 0.324 e. The van der Waals surface area contributed by atoms with Gasteiger partial charge in [0, 0.05) is 18.1 Å². The molecule has 0 fully saturated rings. The molecular weight excluding hydrogens is 262 g/mol. The molecule has 2 aromatic rings. The molecule has 5 heteroatoms. The number of nitrogens with zero attached hydrogens (tertiary/aromatic N) is 2. The van der Waals surface area contributed by atoms with Crippen LogP contribution in [-0.2, 0) is 11.2 Å². The molecule has 4 nitrogen and oxygen atoms in total. The van der Waals surface area contributed by atoms with Crippen molar-refractivity contribution in [1.29, 1.82) is 0 Å². The quantitative estimate of drug-likeness (QED) is 0.937. The molecule has 0 saturated carbocycles. The number of aryl methyl sites for hydroxylation is 2. The van der Waals surface area contributed by atoms with E-state index in [0.717, 1.165) is 11.3 Å². The smallest absolute Gasteiger partial charge is 0.228 e. The molecule has 0 atom stereocenters. The summed E-state index contributed by atoms with van der Waals surface area (Å²) >= 11 is 6.07. The first-order valence-electron chi connectivity index (χ1n) is 5.89. The first-order chi connectivity index (χ1) is 9.06. The highest BCUT2D eigenvalue weighted by molar-refractivity contribution is 6.34. The highest BCUT2D eigenvalue weighted by Crippen LogP contribution is 2.23. The van der Waals surface area contributed by atoms with Crippen LogP contribution >= 0.6 is 11.6 Å². The van der Waals surface area contributed by atoms with E-state index in [4.69, 9.17) is 11.6 Å². The van der Waals surface area contributed by atoms with Crippen molar-refractivity contribution in [3.8, 4) is 0 Å². The Bertz CT molecular complexity index is 596. The molecule has 1 N–H and O–H groups in total. The van der Waals surface area contributed by atoms with Crippen molar-refractivity contribution in [2.75, 3.05) is 5.32 Å². The molecule has 0 radical (unpaired) electrons. The Morgan fingerprint density at radius 3 is 2.74 bits per heavy atom. The van der Waals surface area contributed by atoms with Crippen molar-refractivity contribution in [2.24, 2.45) is 0 Å². The molecule has 0 spiro atoms. The molecule has 0 aliphatic carbocycles. The van der Waals surface area contributed by atoms with Crippen molar-refractivity contribution in [3.63, 3.8) is 0 Å². The fraction of sp³-hybridized carbons (Fsp3) is 0.214. The zero-order chi connectivity index (χ0) is 13.8. The van der Waals surface area contributed by atoms with Crippen molar-refractivity contribution in [3.05, 3.63) is 52.6 Å². The number of carbonyl (C=O) groups is 1. The summed E-state index contributed by atoms with van der Waals surface area (Å²) < 4.78 is 0. The summed E-state index contributed by atoms with van der Waals surface area (Å²) in [6.07, 6.45) is 3.59. The minimum atomic E-state index is -0.127. The zero-order valence-corrected chi connectivity index (χ0v) is 11.5. The Morgan fingerprint density at radius 2 is 2.05 bits per heavy atom. The first kappa shape index (κ1) is 13.5. The molecule has 2 aromatic heterocycles. The normalized spacial score (nSPS) is 10.3. The number of anilines is 1. The molecule has 19 heavy (non-hydrogen) atoms. The molecule has 0 aliphatic rings. The highest BCUT2D eigenvalue weighted by Gasteiger charge is 2.08. The number of amides is 1. The van der Waals surface area contributed by atoms with E-state index in [1.807, 2.05) is 19.1 Å². The van der Waals surface area contributed by atoms with Crippen LogP contribution < -0.4 is 5.32 Å². The molecule has 0 unspecified atom stereocenters. The minimum Gasteiger partial charge on any atom is -0.324 e. The van der Waals surface area contributed by atoms with Crippen LogP contribution in [0, 0.1) is 13.8 Å². The Labute approximate surface area is 116 Å². The number of pyridine rings is 2. The second-order valence-corrected chi connectivity index (χ2v) is 4.67. The number of hydrogen-bond acceptors (Lipinski definition) is 3. The van der Waals surface area contributed by atoms with Crippen LogP contribution in [-0.4, -0.2) is 15.9 Å². The summed E-state index contributed by atoms with van der Waals surface area (Å²) in [6, 6.07) is 5.45. The fourth-order valence-electron chi connectivity index (χ4n) is 1.63. The maximum Gasteiger partial charge on any atom is 0.228 e. The first-order valence-corrected chi connectivity index (χ1v) is 6.26. The topological polar surface area (TPSA) is 54.9 Å². The summed E-state index contributed by atoms with van der Waals surface area (Å²) in [5.74, 6) is -0.127. The van der Waals surface area contributed by atoms with Gasteiger partial charge in [-0.3, -0.25) is 14.8 Å². The molecule has 0 bridgehead atoms. The lowest BCUT2D eigenvalue weighted by Gasteiger charge is -2.08. The van der Waals surface area contributed by atoms with Gasteiger partial charge in [0.05, 0.1) is 22.8 Å². The van der Waals surface area contributed by atoms with Crippen LogP contribution in [0.1, 0.15) is 17.0 Å². The maximum atomic E-state index is 11.9. The van der Waals surface area contributed by atoms with E-state index in [2.05, 4.69) is 15.3 Å². The van der Waals surface area contributed by atoms with Gasteiger partial charge in [-0.05, 0) is 31.5 Å². The van der Waals surface area contributed by atoms with Crippen molar-refractivity contribution >= 4 is 23.2 Å². The highest BCUT2D eigenvalue weighted by atomic mass is 35.5. The molecule has 0 aliphatic heterocycles. The minimum absolute atomic E-state index is 0.127. The summed E-state index contributed by atoms with van der Waals surface area (Å²) in [7, 11) is 0. The van der Waals surface area contributed by atoms with Crippen molar-refractivity contribution in [2.45, 2.75) is 20.3 Å². The van der Waals surface area contributed by atoms with Gasteiger partial charge in [-0.1, -0.05) is 17.7 Å². The monoisotopic (exact) mass is 275 g/mol. The van der Waals surface area contributed by atoms with Crippen molar-refractivity contribution < 1.29 is 4.79 Å². The van der Waals surface area contributed by atoms with E-state index >= 15 is 0 Å². The maximum absolute atomic E-state index is 11.9. The Balaban J connectivity index is 2.05. The molecule has 1 amide bonds. The third-order valence-electron chi connectivity index (χ3n) is 2.67. The van der Waals surface area contributed by atoms with Gasteiger partial charge in [-0.15, -0.1) is 0 Å². The van der Waals surface area contributed by atoms with Gasteiger partial charge in [0.25, 0.3) is 0 Å². The average molecular weight is 276 g/mol. The van der Waals surface area contributed by atoms with Crippen LogP contribution in [0.3, 0.4) is 0 Å². The van der Waals surface area contributed by atoms with Crippen LogP contribution in [0.4, 0.5) is 5.69 Å². The van der Waals surface area contributed by atoms with Gasteiger partial charge < -0.3 is 5.32 Å². The van der Waals surface area contributed by atoms with Crippen molar-refractivity contribution in [1.82, 2.24) is 9.97 Å². The molecular formula is C14H14ClN3O. The van der Waals surface area contributed by atoms with Gasteiger partial charge in [0.2, 0.25) is 5.91 Å². The zero-order valence-electron chi connectivity index (χ0n) is 10.8. The fourth-order valence-corrected chi connectivity index (χ4v) is 1.79. The van der Waals surface area contributed by atoms with Crippen LogP contribution in [0.15, 0.2) is 30.6 Å². The van der Waals surface area contributed by atoms with Gasteiger partial charge in [0.15, 0.2) is 0 Å². The second kappa shape index (κ2) is 5.80. The SMILES string of the molecule is Cc1ccc(CC(=O)Nc2ccnc(C)c2Cl)cn1. The van der Waals surface area contributed by atoms with Gasteiger partial charge in [-0.25, -0.2) is 0 Å². The summed E-state index contributed by atoms with van der Waals surface area (Å²) in [5, 5.41) is 3.25. The third-order valence-corrected chi connectivity index (χ3v) is 3.15. The second-order valence-electron chi connectivity index (χ2n) is 4.29.